The fourth-order valence-corrected chi connectivity index (χ4v) is 3.54. The Morgan fingerprint density at radius 3 is 2.54 bits per heavy atom. The number of carbonyl (C=O) groups excluding carboxylic acids is 1. The molecule has 1 aromatic heterocycles. The molecule has 28 heavy (non-hydrogen) atoms. The van der Waals surface area contributed by atoms with E-state index in [9.17, 15) is 9.59 Å². The average molecular weight is 406 g/mol. The molecule has 0 saturated heterocycles. The number of nitrogens with zero attached hydrogens (tertiary/aromatic N) is 3. The summed E-state index contributed by atoms with van der Waals surface area (Å²) in [5.41, 5.74) is 2.48. The molecule has 0 radical (unpaired) electrons. The molecular weight excluding hydrogens is 378 g/mol. The lowest BCUT2D eigenvalue weighted by Crippen LogP contribution is -2.13. The topological polar surface area (TPSA) is 85.1 Å². The quantitative estimate of drug-likeness (QED) is 0.415. The Morgan fingerprint density at radius 1 is 1.14 bits per heavy atom. The maximum absolute atomic E-state index is 12.5. The minimum atomic E-state index is -0.891. The monoisotopic (exact) mass is 405 g/mol. The van der Waals surface area contributed by atoms with Crippen LogP contribution >= 0.6 is 11.6 Å². The van der Waals surface area contributed by atoms with Crippen LogP contribution in [0, 0.1) is 5.92 Å². The van der Waals surface area contributed by atoms with Crippen molar-refractivity contribution < 1.29 is 14.7 Å². The molecule has 0 bridgehead atoms. The van der Waals surface area contributed by atoms with Crippen molar-refractivity contribution in [1.29, 1.82) is 0 Å². The second-order valence-corrected chi connectivity index (χ2v) is 7.82. The summed E-state index contributed by atoms with van der Waals surface area (Å²) in [5, 5.41) is 17.6. The fourth-order valence-electron chi connectivity index (χ4n) is 3.32. The molecule has 2 aromatic rings. The van der Waals surface area contributed by atoms with Gasteiger partial charge in [0.25, 0.3) is 0 Å². The molecule has 0 aliphatic heterocycles. The number of aromatic nitrogens is 3. The predicted octanol–water partition coefficient (Wildman–Crippen LogP) is 4.50. The minimum Gasteiger partial charge on any atom is -0.481 e. The zero-order valence-corrected chi connectivity index (χ0v) is 17.3. The molecule has 0 saturated carbocycles. The van der Waals surface area contributed by atoms with Crippen LogP contribution in [0.4, 0.5) is 0 Å². The summed E-state index contributed by atoms with van der Waals surface area (Å²) in [6.07, 6.45) is 6.15. The Balaban J connectivity index is 1.77. The highest BCUT2D eigenvalue weighted by molar-refractivity contribution is 6.30. The number of aliphatic carboxylic acids is 1. The molecule has 6 nitrogen and oxygen atoms in total. The first-order valence-electron chi connectivity index (χ1n) is 9.74. The second-order valence-electron chi connectivity index (χ2n) is 7.38. The lowest BCUT2D eigenvalue weighted by molar-refractivity contribution is -0.137. The van der Waals surface area contributed by atoms with E-state index >= 15 is 0 Å². The number of halogens is 1. The summed E-state index contributed by atoms with van der Waals surface area (Å²) in [6, 6.07) is 7.96. The average Bonchev–Trinajstić information content (AvgIpc) is 2.98. The van der Waals surface area contributed by atoms with Gasteiger partial charge in [-0.1, -0.05) is 48.7 Å². The molecule has 7 heteroatoms. The van der Waals surface area contributed by atoms with Crippen LogP contribution in [0.25, 0.3) is 0 Å². The number of benzene rings is 1. The molecule has 152 valence electrons. The minimum absolute atomic E-state index is 0.0199. The fraction of sp³-hybridized carbons (Fsp3) is 0.524. The first kappa shape index (κ1) is 22.1. The first-order valence-corrected chi connectivity index (χ1v) is 10.1. The summed E-state index contributed by atoms with van der Waals surface area (Å²) >= 11 is 6.00. The summed E-state index contributed by atoms with van der Waals surface area (Å²) in [4.78, 5) is 23.3. The van der Waals surface area contributed by atoms with Gasteiger partial charge in [-0.3, -0.25) is 14.3 Å². The van der Waals surface area contributed by atoms with E-state index in [0.717, 1.165) is 49.2 Å². The van der Waals surface area contributed by atoms with Crippen molar-refractivity contribution >= 4 is 23.4 Å². The van der Waals surface area contributed by atoms with Crippen molar-refractivity contribution in [2.75, 3.05) is 0 Å². The largest absolute Gasteiger partial charge is 0.481 e. The molecule has 1 atom stereocenters. The summed E-state index contributed by atoms with van der Waals surface area (Å²) in [7, 11) is 1.79. The van der Waals surface area contributed by atoms with Gasteiger partial charge in [0.2, 0.25) is 0 Å². The van der Waals surface area contributed by atoms with Crippen molar-refractivity contribution in [3.8, 4) is 0 Å². The van der Waals surface area contributed by atoms with E-state index in [1.807, 2.05) is 18.2 Å². The number of rotatable bonds is 12. The van der Waals surface area contributed by atoms with Crippen LogP contribution in [-0.4, -0.2) is 31.9 Å². The van der Waals surface area contributed by atoms with Crippen LogP contribution in [0.5, 0.6) is 0 Å². The molecule has 2 rings (SSSR count). The van der Waals surface area contributed by atoms with E-state index in [4.69, 9.17) is 16.7 Å². The van der Waals surface area contributed by atoms with Crippen molar-refractivity contribution in [3.63, 3.8) is 0 Å². The molecule has 0 spiro atoms. The number of ketones is 1. The van der Waals surface area contributed by atoms with Gasteiger partial charge in [0.15, 0.2) is 11.5 Å². The molecular formula is C21H28ClN3O3. The van der Waals surface area contributed by atoms with Gasteiger partial charge in [0.05, 0.1) is 5.69 Å². The van der Waals surface area contributed by atoms with Crippen molar-refractivity contribution in [1.82, 2.24) is 15.0 Å². The van der Waals surface area contributed by atoms with E-state index in [2.05, 4.69) is 16.4 Å². The zero-order valence-electron chi connectivity index (χ0n) is 16.5. The molecule has 1 N–H and O–H groups in total. The van der Waals surface area contributed by atoms with Crippen LogP contribution in [0.3, 0.4) is 0 Å². The van der Waals surface area contributed by atoms with E-state index in [0.29, 0.717) is 5.69 Å². The van der Waals surface area contributed by atoms with E-state index in [1.165, 1.54) is 5.56 Å². The third-order valence-electron chi connectivity index (χ3n) is 4.78. The Labute approximate surface area is 170 Å². The summed E-state index contributed by atoms with van der Waals surface area (Å²) in [6.45, 7) is 1.77. The SMILES string of the molecule is C[C@H](CC(=O)O)CC(=O)c1nnn(C)c1CCCCCCc1cccc(Cl)c1. The molecule has 1 heterocycles. The molecule has 0 aliphatic rings. The first-order chi connectivity index (χ1) is 13.4. The number of carboxylic acid groups (broad SMARTS) is 1. The molecule has 0 fully saturated rings. The lowest BCUT2D eigenvalue weighted by atomic mass is 9.98. The van der Waals surface area contributed by atoms with E-state index < -0.39 is 5.97 Å². The number of hydrogen-bond acceptors (Lipinski definition) is 4. The maximum atomic E-state index is 12.5. The van der Waals surface area contributed by atoms with Crippen LogP contribution in [0.2, 0.25) is 5.02 Å². The van der Waals surface area contributed by atoms with E-state index in [1.54, 1.807) is 18.7 Å². The number of Topliss-reactive ketones (excluding diaryl/α,β-unsaturated/α-hetero) is 1. The highest BCUT2D eigenvalue weighted by Crippen LogP contribution is 2.18. The number of unbranched alkanes of at least 4 members (excludes halogenated alkanes) is 3. The number of carbonyl (C=O) groups is 2. The van der Waals surface area contributed by atoms with Gasteiger partial charge in [-0.2, -0.15) is 0 Å². The Kier molecular flexibility index (Phi) is 8.64. The van der Waals surface area contributed by atoms with Crippen molar-refractivity contribution in [2.24, 2.45) is 13.0 Å². The van der Waals surface area contributed by atoms with Gasteiger partial charge in [-0.05, 0) is 49.3 Å². The van der Waals surface area contributed by atoms with Gasteiger partial charge in [-0.15, -0.1) is 5.10 Å². The summed E-state index contributed by atoms with van der Waals surface area (Å²) < 4.78 is 1.65. The van der Waals surface area contributed by atoms with Crippen LogP contribution < -0.4 is 0 Å². The maximum Gasteiger partial charge on any atom is 0.303 e. The van der Waals surface area contributed by atoms with Gasteiger partial charge >= 0.3 is 5.97 Å². The molecule has 1 aromatic carbocycles. The predicted molar refractivity (Wildman–Crippen MR) is 109 cm³/mol. The lowest BCUT2D eigenvalue weighted by Gasteiger charge is -2.08. The Hall–Kier alpha value is -2.21. The van der Waals surface area contributed by atoms with Crippen LogP contribution in [0.1, 0.15) is 67.2 Å². The van der Waals surface area contributed by atoms with Crippen molar-refractivity contribution in [2.45, 2.75) is 58.3 Å². The highest BCUT2D eigenvalue weighted by Gasteiger charge is 2.21. The highest BCUT2D eigenvalue weighted by atomic mass is 35.5. The number of aryl methyl sites for hydroxylation is 2. The normalized spacial score (nSPS) is 12.1. The van der Waals surface area contributed by atoms with Gasteiger partial charge < -0.3 is 5.11 Å². The molecule has 0 amide bonds. The standard InChI is InChI=1S/C21H28ClN3O3/c1-15(13-20(27)28)12-19(26)21-18(25(2)24-23-21)11-6-4-3-5-8-16-9-7-10-17(22)14-16/h7,9-10,14-15H,3-6,8,11-13H2,1-2H3,(H,27,28)/t15-/m0/s1. The molecule has 0 unspecified atom stereocenters. The van der Waals surface area contributed by atoms with E-state index in [-0.39, 0.29) is 24.5 Å². The molecule has 0 aliphatic carbocycles. The van der Waals surface area contributed by atoms with Gasteiger partial charge in [0.1, 0.15) is 0 Å². The second kappa shape index (κ2) is 11.0. The Bertz CT molecular complexity index is 804. The zero-order chi connectivity index (χ0) is 20.5. The third-order valence-corrected chi connectivity index (χ3v) is 5.02. The van der Waals surface area contributed by atoms with Gasteiger partial charge in [0, 0.05) is 24.9 Å². The number of carboxylic acids is 1. The summed E-state index contributed by atoms with van der Waals surface area (Å²) in [5.74, 6) is -1.23. The smallest absolute Gasteiger partial charge is 0.303 e. The Morgan fingerprint density at radius 2 is 1.86 bits per heavy atom. The number of hydrogen-bond donors (Lipinski definition) is 1. The van der Waals surface area contributed by atoms with Crippen molar-refractivity contribution in [3.05, 3.63) is 46.2 Å². The third kappa shape index (κ3) is 7.08. The van der Waals surface area contributed by atoms with Gasteiger partial charge in [-0.25, -0.2) is 0 Å². The van der Waals surface area contributed by atoms with Crippen LogP contribution in [0.15, 0.2) is 24.3 Å². The van der Waals surface area contributed by atoms with Crippen LogP contribution in [-0.2, 0) is 24.7 Å².